The first-order chi connectivity index (χ1) is 17.6. The second-order valence-electron chi connectivity index (χ2n) is 9.66. The van der Waals surface area contributed by atoms with Crippen molar-refractivity contribution in [2.24, 2.45) is 0 Å². The maximum Gasteiger partial charge on any atom is 0.251 e. The molecule has 2 fully saturated rings. The lowest BCUT2D eigenvalue weighted by atomic mass is 9.88. The number of rotatable bonds is 10. The number of thioether (sulfide) groups is 1. The van der Waals surface area contributed by atoms with Crippen molar-refractivity contribution in [3.8, 4) is 0 Å². The Bertz CT molecular complexity index is 1010. The minimum absolute atomic E-state index is 0.209. The Balaban J connectivity index is 1.40. The number of halogens is 1. The summed E-state index contributed by atoms with van der Waals surface area (Å²) in [5.74, 6) is 0.979. The quantitative estimate of drug-likeness (QED) is 0.318. The topological polar surface area (TPSA) is 80.1 Å². The number of aromatic nitrogens is 3. The smallest absolute Gasteiger partial charge is 0.251 e. The van der Waals surface area contributed by atoms with E-state index < -0.39 is 0 Å². The zero-order valence-corrected chi connectivity index (χ0v) is 22.4. The van der Waals surface area contributed by atoms with Crippen LogP contribution in [-0.2, 0) is 17.9 Å². The van der Waals surface area contributed by atoms with Crippen molar-refractivity contribution >= 4 is 35.2 Å². The first-order valence-electron chi connectivity index (χ1n) is 13.1. The van der Waals surface area contributed by atoms with E-state index in [2.05, 4.69) is 27.0 Å². The van der Waals surface area contributed by atoms with Gasteiger partial charge in [0.05, 0.1) is 12.3 Å². The molecule has 1 heterocycles. The Hall–Kier alpha value is -2.32. The number of benzene rings is 1. The number of hydrogen-bond acceptors (Lipinski definition) is 5. The normalized spacial score (nSPS) is 17.0. The van der Waals surface area contributed by atoms with E-state index >= 15 is 0 Å². The highest BCUT2D eigenvalue weighted by Gasteiger charge is 2.32. The van der Waals surface area contributed by atoms with Crippen molar-refractivity contribution in [3.05, 3.63) is 53.3 Å². The maximum atomic E-state index is 13.5. The molecule has 2 aliphatic rings. The van der Waals surface area contributed by atoms with Crippen LogP contribution in [0.5, 0.6) is 0 Å². The van der Waals surface area contributed by atoms with Crippen LogP contribution in [-0.4, -0.2) is 49.3 Å². The highest BCUT2D eigenvalue weighted by Crippen LogP contribution is 2.31. The molecule has 7 nitrogen and oxygen atoms in total. The number of nitrogens with zero attached hydrogens (tertiary/aromatic N) is 4. The molecule has 4 rings (SSSR count). The van der Waals surface area contributed by atoms with Crippen LogP contribution in [0.3, 0.4) is 0 Å². The Labute approximate surface area is 223 Å². The largest absolute Gasteiger partial charge is 0.345 e. The minimum atomic E-state index is -0.209. The first kappa shape index (κ1) is 26.7. The zero-order valence-electron chi connectivity index (χ0n) is 20.8. The van der Waals surface area contributed by atoms with Gasteiger partial charge in [0.15, 0.2) is 11.0 Å². The molecule has 194 valence electrons. The number of carbonyl (C=O) groups excluding carboxylic acids is 2. The summed E-state index contributed by atoms with van der Waals surface area (Å²) >= 11 is 7.34. The van der Waals surface area contributed by atoms with Crippen LogP contribution in [0.15, 0.2) is 42.1 Å². The first-order valence-corrected chi connectivity index (χ1v) is 14.4. The summed E-state index contributed by atoms with van der Waals surface area (Å²) in [4.78, 5) is 28.3. The van der Waals surface area contributed by atoms with Crippen LogP contribution in [0.25, 0.3) is 0 Å². The van der Waals surface area contributed by atoms with Crippen molar-refractivity contribution in [3.63, 3.8) is 0 Å². The maximum absolute atomic E-state index is 13.5. The molecule has 0 atom stereocenters. The molecule has 36 heavy (non-hydrogen) atoms. The highest BCUT2D eigenvalue weighted by atomic mass is 35.5. The Kier molecular flexibility index (Phi) is 9.87. The van der Waals surface area contributed by atoms with Crippen LogP contribution in [0.1, 0.15) is 80.4 Å². The Morgan fingerprint density at radius 3 is 2.22 bits per heavy atom. The summed E-state index contributed by atoms with van der Waals surface area (Å²) in [5.41, 5.74) is 0.528. The van der Waals surface area contributed by atoms with Crippen molar-refractivity contribution in [1.29, 1.82) is 0 Å². The zero-order chi connectivity index (χ0) is 25.3. The van der Waals surface area contributed by atoms with Crippen molar-refractivity contribution in [2.45, 2.75) is 94.5 Å². The average molecular weight is 530 g/mol. The number of allylic oxidation sites excluding steroid dienone is 1. The monoisotopic (exact) mass is 529 g/mol. The van der Waals surface area contributed by atoms with E-state index in [1.165, 1.54) is 50.3 Å². The molecular weight excluding hydrogens is 494 g/mol. The van der Waals surface area contributed by atoms with E-state index in [0.29, 0.717) is 45.9 Å². The Morgan fingerprint density at radius 2 is 1.64 bits per heavy atom. The predicted octanol–water partition coefficient (Wildman–Crippen LogP) is 5.63. The van der Waals surface area contributed by atoms with Gasteiger partial charge in [-0.15, -0.1) is 16.8 Å². The molecule has 0 radical (unpaired) electrons. The predicted molar refractivity (Wildman–Crippen MR) is 144 cm³/mol. The summed E-state index contributed by atoms with van der Waals surface area (Å²) in [6, 6.07) is 7.49. The fraction of sp³-hybridized carbons (Fsp3) is 0.556. The Morgan fingerprint density at radius 1 is 1.03 bits per heavy atom. The van der Waals surface area contributed by atoms with Crippen LogP contribution < -0.4 is 5.32 Å². The molecule has 0 unspecified atom stereocenters. The third-order valence-corrected chi connectivity index (χ3v) is 8.37. The number of carbonyl (C=O) groups is 2. The third kappa shape index (κ3) is 6.91. The van der Waals surface area contributed by atoms with E-state index in [1.807, 2.05) is 4.57 Å². The van der Waals surface area contributed by atoms with E-state index in [4.69, 9.17) is 11.6 Å². The number of nitrogens with one attached hydrogen (secondary N) is 1. The van der Waals surface area contributed by atoms with Crippen molar-refractivity contribution in [1.82, 2.24) is 25.0 Å². The molecule has 9 heteroatoms. The van der Waals surface area contributed by atoms with Gasteiger partial charge in [-0.3, -0.25) is 9.59 Å². The second-order valence-corrected chi connectivity index (χ2v) is 11.0. The summed E-state index contributed by atoms with van der Waals surface area (Å²) < 4.78 is 1.92. The standard InChI is InChI=1S/C27H36ClN5O2S/c1-2-17-32-24(18-29-26(35)20-13-15-21(28)16-14-20)30-31-27(32)36-19-25(34)33(22-9-5-3-6-10-22)23-11-7-4-8-12-23/h2,13-16,22-23H,1,3-12,17-19H2,(H,29,35). The molecule has 2 aromatic rings. The average Bonchev–Trinajstić information content (AvgIpc) is 3.29. The van der Waals surface area contributed by atoms with Gasteiger partial charge in [-0.05, 0) is 49.9 Å². The van der Waals surface area contributed by atoms with Gasteiger partial charge in [0.2, 0.25) is 5.91 Å². The van der Waals surface area contributed by atoms with Crippen LogP contribution in [0.4, 0.5) is 0 Å². The molecule has 0 saturated heterocycles. The fourth-order valence-corrected chi connectivity index (χ4v) is 6.32. The third-order valence-electron chi connectivity index (χ3n) is 7.17. The van der Waals surface area contributed by atoms with Gasteiger partial charge in [0.25, 0.3) is 5.91 Å². The van der Waals surface area contributed by atoms with Gasteiger partial charge in [-0.2, -0.15) is 0 Å². The van der Waals surface area contributed by atoms with Crippen LogP contribution >= 0.6 is 23.4 Å². The van der Waals surface area contributed by atoms with Crippen LogP contribution in [0.2, 0.25) is 5.02 Å². The van der Waals surface area contributed by atoms with Gasteiger partial charge in [0.1, 0.15) is 0 Å². The summed E-state index contributed by atoms with van der Waals surface area (Å²) in [6.07, 6.45) is 13.7. The van der Waals surface area contributed by atoms with Crippen molar-refractivity contribution in [2.75, 3.05) is 5.75 Å². The van der Waals surface area contributed by atoms with E-state index in [9.17, 15) is 9.59 Å². The molecule has 2 saturated carbocycles. The summed E-state index contributed by atoms with van der Waals surface area (Å²) in [5, 5.41) is 12.8. The van der Waals surface area contributed by atoms with Gasteiger partial charge in [-0.1, -0.05) is 68.0 Å². The minimum Gasteiger partial charge on any atom is -0.345 e. The van der Waals surface area contributed by atoms with Gasteiger partial charge < -0.3 is 14.8 Å². The summed E-state index contributed by atoms with van der Waals surface area (Å²) in [7, 11) is 0. The molecular formula is C27H36ClN5O2S. The van der Waals surface area contributed by atoms with E-state index in [1.54, 1.807) is 30.3 Å². The van der Waals surface area contributed by atoms with E-state index in [0.717, 1.165) is 25.7 Å². The molecule has 0 aliphatic heterocycles. The molecule has 2 amide bonds. The molecule has 0 spiro atoms. The van der Waals surface area contributed by atoms with Gasteiger partial charge >= 0.3 is 0 Å². The molecule has 1 aromatic carbocycles. The van der Waals surface area contributed by atoms with Crippen molar-refractivity contribution < 1.29 is 9.59 Å². The number of hydrogen-bond donors (Lipinski definition) is 1. The second kappa shape index (κ2) is 13.3. The molecule has 1 aromatic heterocycles. The SMILES string of the molecule is C=CCn1c(CNC(=O)c2ccc(Cl)cc2)nnc1SCC(=O)N(C1CCCCC1)C1CCCCC1. The summed E-state index contributed by atoms with van der Waals surface area (Å²) in [6.45, 7) is 4.59. The number of amides is 2. The van der Waals surface area contributed by atoms with Crippen LogP contribution in [0, 0.1) is 0 Å². The highest BCUT2D eigenvalue weighted by molar-refractivity contribution is 7.99. The molecule has 0 bridgehead atoms. The van der Waals surface area contributed by atoms with E-state index in [-0.39, 0.29) is 18.4 Å². The fourth-order valence-electron chi connectivity index (χ4n) is 5.36. The molecule has 1 N–H and O–H groups in total. The van der Waals surface area contributed by atoms with Gasteiger partial charge in [0, 0.05) is 29.2 Å². The lowest BCUT2D eigenvalue weighted by molar-refractivity contribution is -0.135. The lowest BCUT2D eigenvalue weighted by Crippen LogP contribution is -2.49. The van der Waals surface area contributed by atoms with Gasteiger partial charge in [-0.25, -0.2) is 0 Å². The molecule has 2 aliphatic carbocycles. The lowest BCUT2D eigenvalue weighted by Gasteiger charge is -2.41.